The number of nitrogens with one attached hydrogen (secondary N) is 1. The van der Waals surface area contributed by atoms with Crippen LogP contribution in [0.4, 0.5) is 6.01 Å². The molecule has 3 rings (SSSR count). The maximum Gasteiger partial charge on any atom is 0.298 e. The number of piperidine rings is 1. The second-order valence-electron chi connectivity index (χ2n) is 6.36. The lowest BCUT2D eigenvalue weighted by atomic mass is 9.96. The van der Waals surface area contributed by atoms with Crippen molar-refractivity contribution in [1.82, 2.24) is 10.3 Å². The van der Waals surface area contributed by atoms with E-state index in [9.17, 15) is 4.79 Å². The molecule has 1 aliphatic rings. The fourth-order valence-electron chi connectivity index (χ4n) is 2.78. The van der Waals surface area contributed by atoms with Gasteiger partial charge in [-0.25, -0.2) is 0 Å². The van der Waals surface area contributed by atoms with Crippen molar-refractivity contribution >= 4 is 23.0 Å². The maximum atomic E-state index is 12.1. The largest absolute Gasteiger partial charge is 0.423 e. The number of aromatic nitrogens is 1. The highest BCUT2D eigenvalue weighted by atomic mass is 16.4. The first-order valence-electron chi connectivity index (χ1n) is 8.01. The van der Waals surface area contributed by atoms with Gasteiger partial charge in [-0.05, 0) is 30.9 Å². The van der Waals surface area contributed by atoms with E-state index in [0.29, 0.717) is 11.9 Å². The normalized spacial score (nSPS) is 16.4. The maximum absolute atomic E-state index is 12.1. The van der Waals surface area contributed by atoms with Gasteiger partial charge in [-0.15, -0.1) is 0 Å². The summed E-state index contributed by atoms with van der Waals surface area (Å²) in [4.78, 5) is 18.8. The van der Waals surface area contributed by atoms with E-state index in [0.717, 1.165) is 43.6 Å². The van der Waals surface area contributed by atoms with Gasteiger partial charge < -0.3 is 14.6 Å². The van der Waals surface area contributed by atoms with Gasteiger partial charge in [-0.2, -0.15) is 4.98 Å². The smallest absolute Gasteiger partial charge is 0.298 e. The molecule has 0 aliphatic carbocycles. The van der Waals surface area contributed by atoms with E-state index < -0.39 is 0 Å². The highest BCUT2D eigenvalue weighted by Crippen LogP contribution is 2.26. The second-order valence-corrected chi connectivity index (χ2v) is 6.36. The Morgan fingerprint density at radius 3 is 2.77 bits per heavy atom. The zero-order valence-electron chi connectivity index (χ0n) is 13.2. The Hall–Kier alpha value is -2.04. The zero-order chi connectivity index (χ0) is 15.5. The summed E-state index contributed by atoms with van der Waals surface area (Å²) in [5.41, 5.74) is 1.70. The SMILES string of the molecule is CC(C)CNC(=O)C1CCN(c2nc3ccccc3o2)CC1. The monoisotopic (exact) mass is 301 g/mol. The van der Waals surface area contributed by atoms with Crippen molar-refractivity contribution in [3.63, 3.8) is 0 Å². The summed E-state index contributed by atoms with van der Waals surface area (Å²) < 4.78 is 5.80. The van der Waals surface area contributed by atoms with Crippen molar-refractivity contribution in [2.45, 2.75) is 26.7 Å². The molecule has 2 heterocycles. The average Bonchev–Trinajstić information content (AvgIpc) is 2.96. The molecule has 5 heteroatoms. The van der Waals surface area contributed by atoms with Gasteiger partial charge in [0.05, 0.1) is 0 Å². The molecule has 0 saturated carbocycles. The molecule has 1 aromatic heterocycles. The Morgan fingerprint density at radius 1 is 1.36 bits per heavy atom. The van der Waals surface area contributed by atoms with Gasteiger partial charge >= 0.3 is 0 Å². The minimum absolute atomic E-state index is 0.111. The topological polar surface area (TPSA) is 58.4 Å². The first kappa shape index (κ1) is 14.9. The Morgan fingerprint density at radius 2 is 2.09 bits per heavy atom. The summed E-state index contributed by atoms with van der Waals surface area (Å²) in [6.45, 7) is 6.59. The van der Waals surface area contributed by atoms with E-state index in [2.05, 4.69) is 29.0 Å². The van der Waals surface area contributed by atoms with Crippen molar-refractivity contribution < 1.29 is 9.21 Å². The predicted octanol–water partition coefficient (Wildman–Crippen LogP) is 2.82. The quantitative estimate of drug-likeness (QED) is 0.943. The predicted molar refractivity (Wildman–Crippen MR) is 86.8 cm³/mol. The molecule has 1 fully saturated rings. The van der Waals surface area contributed by atoms with E-state index in [1.165, 1.54) is 0 Å². The molecule has 0 unspecified atom stereocenters. The standard InChI is InChI=1S/C17H23N3O2/c1-12(2)11-18-16(21)13-7-9-20(10-8-13)17-19-14-5-3-4-6-15(14)22-17/h3-6,12-13H,7-11H2,1-2H3,(H,18,21). The summed E-state index contributed by atoms with van der Waals surface area (Å²) in [6.07, 6.45) is 1.70. The number of amides is 1. The molecule has 0 bridgehead atoms. The summed E-state index contributed by atoms with van der Waals surface area (Å²) in [5.74, 6) is 0.786. The van der Waals surface area contributed by atoms with Crippen molar-refractivity contribution in [3.8, 4) is 0 Å². The van der Waals surface area contributed by atoms with Gasteiger partial charge in [0.2, 0.25) is 5.91 Å². The van der Waals surface area contributed by atoms with Gasteiger partial charge in [-0.3, -0.25) is 4.79 Å². The number of carbonyl (C=O) groups is 1. The Kier molecular flexibility index (Phi) is 4.32. The Bertz CT molecular complexity index is 609. The number of hydrogen-bond acceptors (Lipinski definition) is 4. The molecule has 0 spiro atoms. The molecular weight excluding hydrogens is 278 g/mol. The van der Waals surface area contributed by atoms with Crippen molar-refractivity contribution in [3.05, 3.63) is 24.3 Å². The van der Waals surface area contributed by atoms with E-state index >= 15 is 0 Å². The van der Waals surface area contributed by atoms with Crippen molar-refractivity contribution in [1.29, 1.82) is 0 Å². The van der Waals surface area contributed by atoms with Crippen LogP contribution in [0.25, 0.3) is 11.1 Å². The van der Waals surface area contributed by atoms with Gasteiger partial charge in [0, 0.05) is 25.6 Å². The van der Waals surface area contributed by atoms with Gasteiger partial charge in [0.25, 0.3) is 6.01 Å². The first-order valence-corrected chi connectivity index (χ1v) is 8.01. The van der Waals surface area contributed by atoms with Crippen LogP contribution < -0.4 is 10.2 Å². The molecule has 0 atom stereocenters. The van der Waals surface area contributed by atoms with Gasteiger partial charge in [0.15, 0.2) is 5.58 Å². The van der Waals surface area contributed by atoms with Crippen LogP contribution in [0, 0.1) is 11.8 Å². The third-order valence-electron chi connectivity index (χ3n) is 4.10. The molecule has 1 aromatic carbocycles. The molecule has 0 radical (unpaired) electrons. The van der Waals surface area contributed by atoms with Crippen LogP contribution in [0.5, 0.6) is 0 Å². The first-order chi connectivity index (χ1) is 10.6. The Balaban J connectivity index is 1.58. The lowest BCUT2D eigenvalue weighted by Crippen LogP contribution is -2.41. The molecule has 2 aromatic rings. The lowest BCUT2D eigenvalue weighted by molar-refractivity contribution is -0.125. The third kappa shape index (κ3) is 3.24. The van der Waals surface area contributed by atoms with Crippen molar-refractivity contribution in [2.24, 2.45) is 11.8 Å². The van der Waals surface area contributed by atoms with Crippen molar-refractivity contribution in [2.75, 3.05) is 24.5 Å². The van der Waals surface area contributed by atoms with Gasteiger partial charge in [0.1, 0.15) is 5.52 Å². The van der Waals surface area contributed by atoms with E-state index in [-0.39, 0.29) is 11.8 Å². The van der Waals surface area contributed by atoms with Crippen LogP contribution >= 0.6 is 0 Å². The number of benzene rings is 1. The number of hydrogen-bond donors (Lipinski definition) is 1. The average molecular weight is 301 g/mol. The van der Waals surface area contributed by atoms with Crippen LogP contribution in [0.1, 0.15) is 26.7 Å². The van der Waals surface area contributed by atoms with Crippen LogP contribution in [0.2, 0.25) is 0 Å². The molecule has 1 amide bonds. The van der Waals surface area contributed by atoms with Crippen LogP contribution in [-0.4, -0.2) is 30.5 Å². The number of anilines is 1. The van der Waals surface area contributed by atoms with Crippen LogP contribution in [0.15, 0.2) is 28.7 Å². The summed E-state index contributed by atoms with van der Waals surface area (Å²) in [7, 11) is 0. The highest BCUT2D eigenvalue weighted by Gasteiger charge is 2.27. The van der Waals surface area contributed by atoms with Crippen LogP contribution in [0.3, 0.4) is 0 Å². The molecule has 5 nitrogen and oxygen atoms in total. The minimum atomic E-state index is 0.111. The number of rotatable bonds is 4. The molecule has 22 heavy (non-hydrogen) atoms. The second kappa shape index (κ2) is 6.38. The number of oxazole rings is 1. The molecule has 1 saturated heterocycles. The van der Waals surface area contributed by atoms with E-state index in [4.69, 9.17) is 4.42 Å². The summed E-state index contributed by atoms with van der Waals surface area (Å²) >= 11 is 0. The number of para-hydroxylation sites is 2. The molecule has 1 aliphatic heterocycles. The Labute approximate surface area is 130 Å². The third-order valence-corrected chi connectivity index (χ3v) is 4.10. The fourth-order valence-corrected chi connectivity index (χ4v) is 2.78. The molecule has 1 N–H and O–H groups in total. The lowest BCUT2D eigenvalue weighted by Gasteiger charge is -2.30. The summed E-state index contributed by atoms with van der Waals surface area (Å²) in [6, 6.07) is 8.46. The summed E-state index contributed by atoms with van der Waals surface area (Å²) in [5, 5.41) is 3.03. The van der Waals surface area contributed by atoms with Gasteiger partial charge in [-0.1, -0.05) is 26.0 Å². The van der Waals surface area contributed by atoms with E-state index in [1.54, 1.807) is 0 Å². The van der Waals surface area contributed by atoms with Crippen LogP contribution in [-0.2, 0) is 4.79 Å². The zero-order valence-corrected chi connectivity index (χ0v) is 13.2. The number of fused-ring (bicyclic) bond motifs is 1. The minimum Gasteiger partial charge on any atom is -0.423 e. The highest BCUT2D eigenvalue weighted by molar-refractivity contribution is 5.79. The molecule has 118 valence electrons. The fraction of sp³-hybridized carbons (Fsp3) is 0.529. The van der Waals surface area contributed by atoms with E-state index in [1.807, 2.05) is 24.3 Å². The number of nitrogens with zero attached hydrogens (tertiary/aromatic N) is 2. The molecular formula is C17H23N3O2. The number of carbonyl (C=O) groups excluding carboxylic acids is 1.